The van der Waals surface area contributed by atoms with Crippen LogP contribution in [0.4, 0.5) is 18.9 Å². The Balaban J connectivity index is 1.59. The molecular weight excluding hydrogens is 377 g/mol. The molecule has 0 saturated carbocycles. The smallest absolute Gasteiger partial charge is 0.353 e. The first-order chi connectivity index (χ1) is 12.8. The summed E-state index contributed by atoms with van der Waals surface area (Å²) in [6.45, 7) is 2.10. The first-order valence-corrected chi connectivity index (χ1v) is 8.34. The number of nitrogens with zero attached hydrogens (tertiary/aromatic N) is 2. The number of halogens is 3. The molecular formula is C18H15F3N4OS. The molecule has 1 aromatic heterocycles. The van der Waals surface area contributed by atoms with E-state index < -0.39 is 11.7 Å². The third-order valence-corrected chi connectivity index (χ3v) is 3.84. The van der Waals surface area contributed by atoms with Crippen LogP contribution in [0.25, 0.3) is 11.4 Å². The quantitative estimate of drug-likeness (QED) is 0.635. The van der Waals surface area contributed by atoms with Crippen molar-refractivity contribution in [3.05, 3.63) is 65.5 Å². The molecule has 0 fully saturated rings. The Morgan fingerprint density at radius 2 is 1.93 bits per heavy atom. The molecule has 0 radical (unpaired) electrons. The summed E-state index contributed by atoms with van der Waals surface area (Å²) in [6.07, 6.45) is -4.41. The molecule has 0 spiro atoms. The van der Waals surface area contributed by atoms with Crippen molar-refractivity contribution in [3.8, 4) is 11.4 Å². The fourth-order valence-corrected chi connectivity index (χ4v) is 2.52. The van der Waals surface area contributed by atoms with E-state index in [0.717, 1.165) is 23.3 Å². The number of anilines is 1. The van der Waals surface area contributed by atoms with Crippen molar-refractivity contribution in [3.63, 3.8) is 0 Å². The second kappa shape index (κ2) is 7.75. The van der Waals surface area contributed by atoms with Gasteiger partial charge in [-0.3, -0.25) is 0 Å². The minimum absolute atomic E-state index is 0.142. The number of hydrogen-bond donors (Lipinski definition) is 2. The van der Waals surface area contributed by atoms with Gasteiger partial charge in [-0.2, -0.15) is 18.2 Å². The van der Waals surface area contributed by atoms with E-state index in [1.165, 1.54) is 12.1 Å². The van der Waals surface area contributed by atoms with Crippen molar-refractivity contribution in [2.24, 2.45) is 0 Å². The molecule has 0 amide bonds. The molecule has 0 bridgehead atoms. The zero-order chi connectivity index (χ0) is 19.4. The first-order valence-electron chi connectivity index (χ1n) is 7.93. The number of hydrogen-bond acceptors (Lipinski definition) is 4. The predicted molar refractivity (Wildman–Crippen MR) is 99.0 cm³/mol. The van der Waals surface area contributed by atoms with E-state index in [4.69, 9.17) is 16.7 Å². The molecule has 0 unspecified atom stereocenters. The summed E-state index contributed by atoms with van der Waals surface area (Å²) in [5.41, 5.74) is 1.38. The molecule has 0 aliphatic rings. The normalized spacial score (nSPS) is 11.3. The molecule has 3 rings (SSSR count). The Labute approximate surface area is 158 Å². The number of aryl methyl sites for hydroxylation is 1. The lowest BCUT2D eigenvalue weighted by Gasteiger charge is -2.11. The van der Waals surface area contributed by atoms with E-state index in [1.807, 2.05) is 31.2 Å². The van der Waals surface area contributed by atoms with Gasteiger partial charge in [-0.15, -0.1) is 0 Å². The van der Waals surface area contributed by atoms with Gasteiger partial charge in [0.15, 0.2) is 5.11 Å². The highest BCUT2D eigenvalue weighted by atomic mass is 32.1. The summed E-state index contributed by atoms with van der Waals surface area (Å²) in [5.74, 6) is 0.756. The van der Waals surface area contributed by atoms with Crippen LogP contribution in [0.1, 0.15) is 17.0 Å². The Hall–Kier alpha value is -2.94. The number of thiocarbonyl (C=S) groups is 1. The predicted octanol–water partition coefficient (Wildman–Crippen LogP) is 4.55. The largest absolute Gasteiger partial charge is 0.416 e. The maximum Gasteiger partial charge on any atom is 0.416 e. The zero-order valence-electron chi connectivity index (χ0n) is 14.2. The van der Waals surface area contributed by atoms with Crippen LogP contribution in [-0.4, -0.2) is 15.3 Å². The van der Waals surface area contributed by atoms with Gasteiger partial charge in [0.05, 0.1) is 12.1 Å². The molecule has 2 aromatic carbocycles. The van der Waals surface area contributed by atoms with Gasteiger partial charge in [-0.1, -0.05) is 35.0 Å². The highest BCUT2D eigenvalue weighted by molar-refractivity contribution is 7.80. The summed E-state index contributed by atoms with van der Waals surface area (Å²) >= 11 is 5.10. The Bertz CT molecular complexity index is 956. The van der Waals surface area contributed by atoms with Crippen molar-refractivity contribution in [1.29, 1.82) is 0 Å². The van der Waals surface area contributed by atoms with E-state index in [-0.39, 0.29) is 17.3 Å². The summed E-state index contributed by atoms with van der Waals surface area (Å²) in [4.78, 5) is 4.27. The van der Waals surface area contributed by atoms with E-state index in [0.29, 0.717) is 11.7 Å². The summed E-state index contributed by atoms with van der Waals surface area (Å²) < 4.78 is 43.4. The molecule has 0 aliphatic carbocycles. The van der Waals surface area contributed by atoms with Crippen LogP contribution in [0.5, 0.6) is 0 Å². The van der Waals surface area contributed by atoms with Gasteiger partial charge in [0.25, 0.3) is 0 Å². The molecule has 3 aromatic rings. The molecule has 5 nitrogen and oxygen atoms in total. The fraction of sp³-hybridized carbons (Fsp3) is 0.167. The monoisotopic (exact) mass is 392 g/mol. The second-order valence-electron chi connectivity index (χ2n) is 5.77. The van der Waals surface area contributed by atoms with E-state index in [1.54, 1.807) is 0 Å². The number of alkyl halides is 3. The molecule has 27 heavy (non-hydrogen) atoms. The SMILES string of the molecule is Cc1cccc(-c2noc(CNC(=S)Nc3cccc(C(F)(F)F)c3)n2)c1. The van der Waals surface area contributed by atoms with Crippen molar-refractivity contribution >= 4 is 23.0 Å². The molecule has 9 heteroatoms. The summed E-state index contributed by atoms with van der Waals surface area (Å²) in [5, 5.41) is 9.58. The number of nitrogens with one attached hydrogen (secondary N) is 2. The molecule has 0 saturated heterocycles. The van der Waals surface area contributed by atoms with Crippen LogP contribution in [0.15, 0.2) is 53.1 Å². The molecule has 0 aliphatic heterocycles. The fourth-order valence-electron chi connectivity index (χ4n) is 2.33. The first kappa shape index (κ1) is 18.8. The van der Waals surface area contributed by atoms with Gasteiger partial charge >= 0.3 is 6.18 Å². The van der Waals surface area contributed by atoms with Crippen molar-refractivity contribution in [2.75, 3.05) is 5.32 Å². The van der Waals surface area contributed by atoms with Crippen LogP contribution in [0, 0.1) is 6.92 Å². The van der Waals surface area contributed by atoms with E-state index in [2.05, 4.69) is 20.8 Å². The van der Waals surface area contributed by atoms with Crippen LogP contribution < -0.4 is 10.6 Å². The van der Waals surface area contributed by atoms with E-state index >= 15 is 0 Å². The zero-order valence-corrected chi connectivity index (χ0v) is 15.0. The molecule has 1 heterocycles. The van der Waals surface area contributed by atoms with Crippen LogP contribution >= 0.6 is 12.2 Å². The minimum Gasteiger partial charge on any atom is -0.353 e. The van der Waals surface area contributed by atoms with Gasteiger partial charge in [0, 0.05) is 11.3 Å². The van der Waals surface area contributed by atoms with Crippen LogP contribution in [0.2, 0.25) is 0 Å². The molecule has 140 valence electrons. The topological polar surface area (TPSA) is 63.0 Å². The second-order valence-corrected chi connectivity index (χ2v) is 6.18. The lowest BCUT2D eigenvalue weighted by atomic mass is 10.1. The molecule has 2 N–H and O–H groups in total. The average molecular weight is 392 g/mol. The van der Waals surface area contributed by atoms with Gasteiger partial charge < -0.3 is 15.2 Å². The van der Waals surface area contributed by atoms with Crippen molar-refractivity contribution in [2.45, 2.75) is 19.6 Å². The maximum absolute atomic E-state index is 12.7. The highest BCUT2D eigenvalue weighted by Crippen LogP contribution is 2.30. The Kier molecular flexibility index (Phi) is 5.41. The number of aromatic nitrogens is 2. The summed E-state index contributed by atoms with van der Waals surface area (Å²) in [7, 11) is 0. The van der Waals surface area contributed by atoms with Crippen LogP contribution in [0.3, 0.4) is 0 Å². The lowest BCUT2D eigenvalue weighted by molar-refractivity contribution is -0.137. The van der Waals surface area contributed by atoms with Gasteiger partial charge in [-0.25, -0.2) is 0 Å². The standard InChI is InChI=1S/C18H15F3N4OS/c1-11-4-2-5-12(8-11)16-24-15(26-25-16)10-22-17(27)23-14-7-3-6-13(9-14)18(19,20)21/h2-9H,10H2,1H3,(H2,22,23,27). The van der Waals surface area contributed by atoms with Gasteiger partial charge in [-0.05, 0) is 43.4 Å². The number of benzene rings is 2. The highest BCUT2D eigenvalue weighted by Gasteiger charge is 2.30. The molecule has 0 atom stereocenters. The van der Waals surface area contributed by atoms with Crippen LogP contribution in [-0.2, 0) is 12.7 Å². The van der Waals surface area contributed by atoms with Gasteiger partial charge in [0.2, 0.25) is 11.7 Å². The third-order valence-electron chi connectivity index (χ3n) is 3.59. The van der Waals surface area contributed by atoms with Crippen molar-refractivity contribution < 1.29 is 17.7 Å². The van der Waals surface area contributed by atoms with E-state index in [9.17, 15) is 13.2 Å². The average Bonchev–Trinajstić information content (AvgIpc) is 3.09. The Morgan fingerprint density at radius 3 is 2.67 bits per heavy atom. The minimum atomic E-state index is -4.41. The number of rotatable bonds is 4. The Morgan fingerprint density at radius 1 is 1.15 bits per heavy atom. The van der Waals surface area contributed by atoms with Gasteiger partial charge in [0.1, 0.15) is 0 Å². The summed E-state index contributed by atoms with van der Waals surface area (Å²) in [6, 6.07) is 12.4. The lowest BCUT2D eigenvalue weighted by Crippen LogP contribution is -2.28. The maximum atomic E-state index is 12.7. The third kappa shape index (κ3) is 5.04. The van der Waals surface area contributed by atoms with Crippen molar-refractivity contribution in [1.82, 2.24) is 15.5 Å².